The molecule has 0 aliphatic rings. The van der Waals surface area contributed by atoms with Crippen LogP contribution in [0.1, 0.15) is 15.9 Å². The van der Waals surface area contributed by atoms with Crippen LogP contribution in [0.15, 0.2) is 69.1 Å². The van der Waals surface area contributed by atoms with Crippen LogP contribution in [-0.4, -0.2) is 24.6 Å². The van der Waals surface area contributed by atoms with Crippen LogP contribution in [0.5, 0.6) is 0 Å². The van der Waals surface area contributed by atoms with Gasteiger partial charge >= 0.3 is 0 Å². The van der Waals surface area contributed by atoms with Gasteiger partial charge in [-0.2, -0.15) is 5.10 Å². The van der Waals surface area contributed by atoms with Gasteiger partial charge in [0, 0.05) is 0 Å². The van der Waals surface area contributed by atoms with Gasteiger partial charge in [0.2, 0.25) is 5.43 Å². The van der Waals surface area contributed by atoms with Crippen LogP contribution >= 0.6 is 11.6 Å². The van der Waals surface area contributed by atoms with Gasteiger partial charge in [-0.3, -0.25) is 14.4 Å². The van der Waals surface area contributed by atoms with Gasteiger partial charge in [0.05, 0.1) is 34.3 Å². The highest BCUT2D eigenvalue weighted by atomic mass is 35.5. The summed E-state index contributed by atoms with van der Waals surface area (Å²) in [4.78, 5) is 36.0. The molecular weight excluding hydrogens is 370 g/mol. The van der Waals surface area contributed by atoms with Crippen molar-refractivity contribution in [2.75, 3.05) is 6.54 Å². The summed E-state index contributed by atoms with van der Waals surface area (Å²) in [7, 11) is 0. The van der Waals surface area contributed by atoms with Crippen molar-refractivity contribution in [1.29, 1.82) is 0 Å². The maximum Gasteiger partial charge on any atom is 0.259 e. The summed E-state index contributed by atoms with van der Waals surface area (Å²) in [5.74, 6) is -1.04. The molecule has 2 amide bonds. The molecule has 0 saturated heterocycles. The number of carbonyl (C=O) groups is 2. The Kier molecular flexibility index (Phi) is 5.63. The summed E-state index contributed by atoms with van der Waals surface area (Å²) in [6.07, 6.45) is 2.45. The number of amides is 2. The molecule has 0 unspecified atom stereocenters. The Bertz CT molecular complexity index is 1090. The van der Waals surface area contributed by atoms with Gasteiger partial charge < -0.3 is 9.73 Å². The standard InChI is InChI=1S/C19H14ClN3O4/c20-15-7-3-1-5-13(15)19(26)21-10-17(24)23-22-9-12-11-27-16-8-4-2-6-14(16)18(12)25/h1-9,11H,10H2,(H,21,26)(H,23,24). The molecule has 27 heavy (non-hydrogen) atoms. The van der Waals surface area contributed by atoms with Crippen LogP contribution in [0.4, 0.5) is 0 Å². The lowest BCUT2D eigenvalue weighted by Gasteiger charge is -2.05. The quantitative estimate of drug-likeness (QED) is 0.521. The molecule has 0 saturated carbocycles. The van der Waals surface area contributed by atoms with Crippen molar-refractivity contribution in [2.45, 2.75) is 0 Å². The molecule has 3 rings (SSSR count). The van der Waals surface area contributed by atoms with Gasteiger partial charge in [0.25, 0.3) is 11.8 Å². The van der Waals surface area contributed by atoms with E-state index in [2.05, 4.69) is 15.8 Å². The predicted molar refractivity (Wildman–Crippen MR) is 102 cm³/mol. The van der Waals surface area contributed by atoms with Crippen LogP contribution in [0.3, 0.4) is 0 Å². The molecule has 2 N–H and O–H groups in total. The zero-order valence-corrected chi connectivity index (χ0v) is 14.7. The second kappa shape index (κ2) is 8.29. The van der Waals surface area contributed by atoms with E-state index < -0.39 is 11.8 Å². The minimum Gasteiger partial charge on any atom is -0.463 e. The minimum atomic E-state index is -0.558. The molecule has 0 aliphatic heterocycles. The molecule has 2 aromatic carbocycles. The third-order valence-electron chi connectivity index (χ3n) is 3.63. The van der Waals surface area contributed by atoms with E-state index in [0.717, 1.165) is 0 Å². The van der Waals surface area contributed by atoms with Crippen LogP contribution in [-0.2, 0) is 4.79 Å². The number of carbonyl (C=O) groups excluding carboxylic acids is 2. The lowest BCUT2D eigenvalue weighted by Crippen LogP contribution is -2.35. The number of hydrazone groups is 1. The monoisotopic (exact) mass is 383 g/mol. The molecule has 8 heteroatoms. The van der Waals surface area contributed by atoms with Crippen molar-refractivity contribution in [3.05, 3.63) is 81.2 Å². The second-order valence-electron chi connectivity index (χ2n) is 5.47. The van der Waals surface area contributed by atoms with Gasteiger partial charge in [0.15, 0.2) is 0 Å². The maximum absolute atomic E-state index is 12.3. The summed E-state index contributed by atoms with van der Waals surface area (Å²) in [6, 6.07) is 13.3. The van der Waals surface area contributed by atoms with Gasteiger partial charge in [-0.25, -0.2) is 5.43 Å². The van der Waals surface area contributed by atoms with E-state index in [1.54, 1.807) is 48.5 Å². The molecular formula is C19H14ClN3O4. The largest absolute Gasteiger partial charge is 0.463 e. The number of benzene rings is 2. The Morgan fingerprint density at radius 1 is 1.11 bits per heavy atom. The van der Waals surface area contributed by atoms with Crippen molar-refractivity contribution < 1.29 is 14.0 Å². The maximum atomic E-state index is 12.3. The van der Waals surface area contributed by atoms with E-state index in [1.807, 2.05) is 0 Å². The van der Waals surface area contributed by atoms with E-state index >= 15 is 0 Å². The van der Waals surface area contributed by atoms with Crippen LogP contribution in [0.2, 0.25) is 5.02 Å². The Labute approximate surface area is 158 Å². The Hall–Kier alpha value is -3.45. The highest BCUT2D eigenvalue weighted by Crippen LogP contribution is 2.14. The number of hydrogen-bond acceptors (Lipinski definition) is 5. The van der Waals surface area contributed by atoms with Crippen molar-refractivity contribution in [3.8, 4) is 0 Å². The van der Waals surface area contributed by atoms with Gasteiger partial charge in [-0.05, 0) is 24.3 Å². The molecule has 3 aromatic rings. The molecule has 136 valence electrons. The van der Waals surface area contributed by atoms with Crippen molar-refractivity contribution in [2.24, 2.45) is 5.10 Å². The highest BCUT2D eigenvalue weighted by molar-refractivity contribution is 6.33. The number of para-hydroxylation sites is 1. The smallest absolute Gasteiger partial charge is 0.259 e. The normalized spacial score (nSPS) is 10.9. The summed E-state index contributed by atoms with van der Waals surface area (Å²) in [5.41, 5.74) is 2.89. The molecule has 1 aromatic heterocycles. The number of hydrogen-bond donors (Lipinski definition) is 2. The number of nitrogens with one attached hydrogen (secondary N) is 2. The van der Waals surface area contributed by atoms with Crippen molar-refractivity contribution in [3.63, 3.8) is 0 Å². The SMILES string of the molecule is O=C(CNC(=O)c1ccccc1Cl)NN=Cc1coc2ccccc2c1=O. The molecule has 0 atom stereocenters. The van der Waals surface area contributed by atoms with E-state index in [0.29, 0.717) is 11.0 Å². The fourth-order valence-electron chi connectivity index (χ4n) is 2.30. The molecule has 0 fully saturated rings. The molecule has 0 radical (unpaired) electrons. The van der Waals surface area contributed by atoms with Crippen LogP contribution in [0, 0.1) is 0 Å². The van der Waals surface area contributed by atoms with E-state index in [-0.39, 0.29) is 28.1 Å². The van der Waals surface area contributed by atoms with Crippen molar-refractivity contribution in [1.82, 2.24) is 10.7 Å². The zero-order chi connectivity index (χ0) is 19.2. The van der Waals surface area contributed by atoms with Gasteiger partial charge in [-0.1, -0.05) is 35.9 Å². The lowest BCUT2D eigenvalue weighted by atomic mass is 10.2. The number of nitrogens with zero attached hydrogens (tertiary/aromatic N) is 1. The Morgan fingerprint density at radius 3 is 2.67 bits per heavy atom. The van der Waals surface area contributed by atoms with Crippen LogP contribution < -0.4 is 16.2 Å². The molecule has 7 nitrogen and oxygen atoms in total. The first kappa shape index (κ1) is 18.3. The third-order valence-corrected chi connectivity index (χ3v) is 3.96. The first-order chi connectivity index (χ1) is 13.1. The molecule has 0 bridgehead atoms. The average Bonchev–Trinajstić information content (AvgIpc) is 2.68. The summed E-state index contributed by atoms with van der Waals surface area (Å²) in [6.45, 7) is -0.298. The highest BCUT2D eigenvalue weighted by Gasteiger charge is 2.10. The van der Waals surface area contributed by atoms with E-state index in [4.69, 9.17) is 16.0 Å². The predicted octanol–water partition coefficient (Wildman–Crippen LogP) is 2.33. The second-order valence-corrected chi connectivity index (χ2v) is 5.88. The Balaban J connectivity index is 1.58. The molecule has 1 heterocycles. The zero-order valence-electron chi connectivity index (χ0n) is 13.9. The summed E-state index contributed by atoms with van der Waals surface area (Å²) < 4.78 is 5.35. The topological polar surface area (TPSA) is 101 Å². The van der Waals surface area contributed by atoms with E-state index in [9.17, 15) is 14.4 Å². The lowest BCUT2D eigenvalue weighted by molar-refractivity contribution is -0.120. The number of fused-ring (bicyclic) bond motifs is 1. The fourth-order valence-corrected chi connectivity index (χ4v) is 2.52. The minimum absolute atomic E-state index is 0.189. The van der Waals surface area contributed by atoms with E-state index in [1.165, 1.54) is 12.5 Å². The summed E-state index contributed by atoms with van der Waals surface area (Å²) in [5, 5.41) is 6.85. The molecule has 0 aliphatic carbocycles. The summed E-state index contributed by atoms with van der Waals surface area (Å²) >= 11 is 5.92. The number of rotatable bonds is 5. The fraction of sp³-hybridized carbons (Fsp3) is 0.0526. The van der Waals surface area contributed by atoms with Gasteiger partial charge in [-0.15, -0.1) is 0 Å². The van der Waals surface area contributed by atoms with Crippen LogP contribution in [0.25, 0.3) is 11.0 Å². The third kappa shape index (κ3) is 4.39. The number of halogens is 1. The average molecular weight is 384 g/mol. The first-order valence-electron chi connectivity index (χ1n) is 7.91. The molecule has 0 spiro atoms. The first-order valence-corrected chi connectivity index (χ1v) is 8.29. The Morgan fingerprint density at radius 2 is 1.85 bits per heavy atom. The van der Waals surface area contributed by atoms with Gasteiger partial charge in [0.1, 0.15) is 11.8 Å². The van der Waals surface area contributed by atoms with Crippen molar-refractivity contribution >= 4 is 40.6 Å².